The number of rotatable bonds is 7. The van der Waals surface area contributed by atoms with Gasteiger partial charge in [0.2, 0.25) is 11.8 Å². The van der Waals surface area contributed by atoms with Crippen molar-refractivity contribution in [3.8, 4) is 0 Å². The average Bonchev–Trinajstić information content (AvgIpc) is 2.77. The van der Waals surface area contributed by atoms with E-state index in [4.69, 9.17) is 0 Å². The lowest BCUT2D eigenvalue weighted by Crippen LogP contribution is -2.42. The van der Waals surface area contributed by atoms with Crippen LogP contribution < -0.4 is 21.9 Å². The molecule has 0 spiro atoms. The van der Waals surface area contributed by atoms with Crippen molar-refractivity contribution in [2.75, 3.05) is 5.32 Å². The summed E-state index contributed by atoms with van der Waals surface area (Å²) in [6, 6.07) is 13.7. The van der Waals surface area contributed by atoms with Gasteiger partial charge in [-0.3, -0.25) is 23.5 Å². The molecule has 8 nitrogen and oxygen atoms in total. The van der Waals surface area contributed by atoms with Gasteiger partial charge in [-0.15, -0.1) is 0 Å². The van der Waals surface area contributed by atoms with Crippen molar-refractivity contribution in [1.82, 2.24) is 14.5 Å². The van der Waals surface area contributed by atoms with Gasteiger partial charge in [0.1, 0.15) is 6.54 Å². The molecule has 2 amide bonds. The van der Waals surface area contributed by atoms with E-state index in [-0.39, 0.29) is 36.5 Å². The van der Waals surface area contributed by atoms with Crippen LogP contribution in [0.5, 0.6) is 0 Å². The van der Waals surface area contributed by atoms with Crippen LogP contribution in [0, 0.1) is 0 Å². The number of carbonyl (C=O) groups excluding carboxylic acids is 2. The molecule has 1 unspecified atom stereocenters. The van der Waals surface area contributed by atoms with E-state index in [1.807, 2.05) is 19.1 Å². The zero-order valence-electron chi connectivity index (χ0n) is 17.8. The Balaban J connectivity index is 1.80. The van der Waals surface area contributed by atoms with Crippen molar-refractivity contribution in [2.24, 2.45) is 0 Å². The topological polar surface area (TPSA) is 102 Å². The van der Waals surface area contributed by atoms with Crippen LogP contribution in [-0.4, -0.2) is 20.9 Å². The predicted molar refractivity (Wildman–Crippen MR) is 120 cm³/mol. The Bertz CT molecular complexity index is 1230. The lowest BCUT2D eigenvalue weighted by Gasteiger charge is -2.17. The Morgan fingerprint density at radius 1 is 0.935 bits per heavy atom. The van der Waals surface area contributed by atoms with Crippen molar-refractivity contribution >= 4 is 28.4 Å². The summed E-state index contributed by atoms with van der Waals surface area (Å²) in [6.45, 7) is 5.36. The molecule has 1 aromatic heterocycles. The van der Waals surface area contributed by atoms with Crippen LogP contribution in [0.3, 0.4) is 0 Å². The second-order valence-corrected chi connectivity index (χ2v) is 7.25. The lowest BCUT2D eigenvalue weighted by molar-refractivity contribution is -0.122. The minimum Gasteiger partial charge on any atom is -0.348 e. The first-order valence-electron chi connectivity index (χ1n) is 10.3. The van der Waals surface area contributed by atoms with E-state index >= 15 is 0 Å². The molecule has 3 aromatic rings. The smallest absolute Gasteiger partial charge is 0.331 e. The van der Waals surface area contributed by atoms with E-state index in [0.717, 1.165) is 10.1 Å². The fraction of sp³-hybridized carbons (Fsp3) is 0.304. The van der Waals surface area contributed by atoms with Gasteiger partial charge in [-0.25, -0.2) is 4.79 Å². The molecule has 1 heterocycles. The zero-order chi connectivity index (χ0) is 22.5. The number of amides is 2. The molecule has 31 heavy (non-hydrogen) atoms. The zero-order valence-corrected chi connectivity index (χ0v) is 17.8. The fourth-order valence-corrected chi connectivity index (χ4v) is 3.42. The molecule has 1 atom stereocenters. The number of hydrogen-bond donors (Lipinski definition) is 2. The fourth-order valence-electron chi connectivity index (χ4n) is 3.42. The quantitative estimate of drug-likeness (QED) is 0.610. The van der Waals surface area contributed by atoms with Gasteiger partial charge in [0, 0.05) is 18.7 Å². The van der Waals surface area contributed by atoms with E-state index in [2.05, 4.69) is 10.6 Å². The average molecular weight is 422 g/mol. The largest absolute Gasteiger partial charge is 0.348 e. The Hall–Kier alpha value is -3.68. The maximum atomic E-state index is 12.8. The third kappa shape index (κ3) is 4.74. The van der Waals surface area contributed by atoms with E-state index in [1.165, 1.54) is 4.57 Å². The maximum absolute atomic E-state index is 12.8. The molecule has 0 aliphatic carbocycles. The monoisotopic (exact) mass is 422 g/mol. The molecule has 3 rings (SSSR count). The van der Waals surface area contributed by atoms with Crippen molar-refractivity contribution in [2.45, 2.75) is 46.3 Å². The maximum Gasteiger partial charge on any atom is 0.331 e. The number of anilines is 1. The van der Waals surface area contributed by atoms with E-state index in [1.54, 1.807) is 50.2 Å². The highest BCUT2D eigenvalue weighted by Crippen LogP contribution is 2.16. The second-order valence-electron chi connectivity index (χ2n) is 7.25. The highest BCUT2D eigenvalue weighted by atomic mass is 16.2. The molecule has 162 valence electrons. The third-order valence-electron chi connectivity index (χ3n) is 5.14. The molecule has 0 aliphatic rings. The molecule has 0 bridgehead atoms. The molecule has 2 N–H and O–H groups in total. The summed E-state index contributed by atoms with van der Waals surface area (Å²) in [5, 5.41) is 6.06. The summed E-state index contributed by atoms with van der Waals surface area (Å²) in [4.78, 5) is 49.5. The molecule has 2 aromatic carbocycles. The first-order valence-corrected chi connectivity index (χ1v) is 10.3. The molecule has 0 saturated heterocycles. The first-order chi connectivity index (χ1) is 14.8. The van der Waals surface area contributed by atoms with Crippen molar-refractivity contribution < 1.29 is 9.59 Å². The van der Waals surface area contributed by atoms with Crippen LogP contribution in [0.15, 0.2) is 58.1 Å². The number of carbonyl (C=O) groups is 2. The minimum absolute atomic E-state index is 0.0693. The molecule has 0 saturated carbocycles. The number of aromatic nitrogens is 2. The van der Waals surface area contributed by atoms with E-state index < -0.39 is 5.69 Å². The summed E-state index contributed by atoms with van der Waals surface area (Å²) < 4.78 is 2.45. The highest BCUT2D eigenvalue weighted by Gasteiger charge is 2.16. The van der Waals surface area contributed by atoms with Crippen LogP contribution in [0.2, 0.25) is 0 Å². The molecule has 8 heteroatoms. The number of hydrogen-bond acceptors (Lipinski definition) is 4. The number of fused-ring (bicyclic) bond motifs is 1. The van der Waals surface area contributed by atoms with Crippen LogP contribution in [-0.2, 0) is 22.7 Å². The van der Waals surface area contributed by atoms with Crippen LogP contribution >= 0.6 is 0 Å². The van der Waals surface area contributed by atoms with E-state index in [0.29, 0.717) is 23.0 Å². The normalized spacial score (nSPS) is 11.8. The number of para-hydroxylation sites is 1. The van der Waals surface area contributed by atoms with Gasteiger partial charge in [0.05, 0.1) is 16.9 Å². The Labute approximate surface area is 179 Å². The van der Waals surface area contributed by atoms with Crippen LogP contribution in [0.4, 0.5) is 5.69 Å². The summed E-state index contributed by atoms with van der Waals surface area (Å²) in [7, 11) is 0. The number of nitrogens with one attached hydrogen (secondary N) is 2. The van der Waals surface area contributed by atoms with Gasteiger partial charge >= 0.3 is 5.69 Å². The van der Waals surface area contributed by atoms with Crippen molar-refractivity contribution in [3.05, 3.63) is 74.9 Å². The second kappa shape index (κ2) is 9.42. The third-order valence-corrected chi connectivity index (χ3v) is 5.14. The Morgan fingerprint density at radius 3 is 2.26 bits per heavy atom. The van der Waals surface area contributed by atoms with Gasteiger partial charge in [-0.1, -0.05) is 31.2 Å². The predicted octanol–water partition coefficient (Wildman–Crippen LogP) is 2.41. The van der Waals surface area contributed by atoms with Gasteiger partial charge < -0.3 is 10.6 Å². The van der Waals surface area contributed by atoms with Gasteiger partial charge in [-0.05, 0) is 43.7 Å². The summed E-state index contributed by atoms with van der Waals surface area (Å²) in [5.74, 6) is -0.412. The van der Waals surface area contributed by atoms with Crippen LogP contribution in [0.1, 0.15) is 38.8 Å². The van der Waals surface area contributed by atoms with Gasteiger partial charge in [0.25, 0.3) is 5.56 Å². The highest BCUT2D eigenvalue weighted by molar-refractivity contribution is 5.90. The summed E-state index contributed by atoms with van der Waals surface area (Å²) in [6.07, 6.45) is 0.396. The van der Waals surface area contributed by atoms with Crippen LogP contribution in [0.25, 0.3) is 10.9 Å². The lowest BCUT2D eigenvalue weighted by atomic mass is 10.1. The molecule has 0 aliphatic heterocycles. The number of benzene rings is 2. The minimum atomic E-state index is -0.509. The molecular formula is C23H26N4O4. The van der Waals surface area contributed by atoms with Crippen molar-refractivity contribution in [3.63, 3.8) is 0 Å². The Morgan fingerprint density at radius 2 is 1.61 bits per heavy atom. The van der Waals surface area contributed by atoms with Gasteiger partial charge in [-0.2, -0.15) is 0 Å². The SMILES string of the molecule is CCC(=O)Nc1ccc(C(C)NC(=O)Cn2c(=O)n(CC)c(=O)c3ccccc32)cc1. The molecule has 0 fully saturated rings. The summed E-state index contributed by atoms with van der Waals surface area (Å²) >= 11 is 0. The first kappa shape index (κ1) is 22.0. The standard InChI is InChI=1S/C23H26N4O4/c1-4-20(28)25-17-12-10-16(11-13-17)15(3)24-21(29)14-27-19-9-7-6-8-18(19)22(30)26(5-2)23(27)31/h6-13,15H,4-5,14H2,1-3H3,(H,24,29)(H,25,28). The van der Waals surface area contributed by atoms with Crippen molar-refractivity contribution in [1.29, 1.82) is 0 Å². The molecular weight excluding hydrogens is 396 g/mol. The van der Waals surface area contributed by atoms with Gasteiger partial charge in [0.15, 0.2) is 0 Å². The summed E-state index contributed by atoms with van der Waals surface area (Å²) in [5.41, 5.74) is 1.11. The number of nitrogens with zero attached hydrogens (tertiary/aromatic N) is 2. The Kier molecular flexibility index (Phi) is 6.69. The van der Waals surface area contributed by atoms with E-state index in [9.17, 15) is 19.2 Å². The molecule has 0 radical (unpaired) electrons.